The summed E-state index contributed by atoms with van der Waals surface area (Å²) in [5, 5.41) is 3.56. The second-order valence-electron chi connectivity index (χ2n) is 5.60. The number of fused-ring (bicyclic) bond motifs is 1. The Hall–Kier alpha value is -1.40. The van der Waals surface area contributed by atoms with Crippen LogP contribution >= 0.6 is 11.6 Å². The van der Waals surface area contributed by atoms with Gasteiger partial charge in [0.05, 0.1) is 6.33 Å². The summed E-state index contributed by atoms with van der Waals surface area (Å²) < 4.78 is 0. The van der Waals surface area contributed by atoms with Gasteiger partial charge in [-0.2, -0.15) is 9.97 Å². The van der Waals surface area contributed by atoms with E-state index in [2.05, 4.69) is 37.1 Å². The summed E-state index contributed by atoms with van der Waals surface area (Å²) >= 11 is 5.91. The van der Waals surface area contributed by atoms with Gasteiger partial charge in [-0.1, -0.05) is 6.42 Å². The second kappa shape index (κ2) is 6.58. The molecule has 1 unspecified atom stereocenters. The van der Waals surface area contributed by atoms with E-state index in [9.17, 15) is 0 Å². The molecule has 3 heterocycles. The minimum absolute atomic E-state index is 0.224. The third-order valence-electron chi connectivity index (χ3n) is 4.11. The summed E-state index contributed by atoms with van der Waals surface area (Å²) in [5.41, 5.74) is 1.41. The van der Waals surface area contributed by atoms with Crippen LogP contribution in [0.25, 0.3) is 11.2 Å². The number of halogens is 1. The second-order valence-corrected chi connectivity index (χ2v) is 5.94. The lowest BCUT2D eigenvalue weighted by Crippen LogP contribution is -2.38. The van der Waals surface area contributed by atoms with Gasteiger partial charge in [0.2, 0.25) is 5.28 Å². The Labute approximate surface area is 129 Å². The van der Waals surface area contributed by atoms with E-state index in [1.165, 1.54) is 25.8 Å². The van der Waals surface area contributed by atoms with Crippen molar-refractivity contribution in [2.24, 2.45) is 0 Å². The lowest BCUT2D eigenvalue weighted by Gasteiger charge is -2.33. The summed E-state index contributed by atoms with van der Waals surface area (Å²) in [4.78, 5) is 18.0. The number of imidazole rings is 1. The van der Waals surface area contributed by atoms with Crippen LogP contribution in [0.5, 0.6) is 0 Å². The fourth-order valence-corrected chi connectivity index (χ4v) is 3.08. The number of likely N-dealkylation sites (tertiary alicyclic amines) is 1. The predicted octanol–water partition coefficient (Wildman–Crippen LogP) is 2.68. The molecule has 0 spiro atoms. The van der Waals surface area contributed by atoms with Crippen LogP contribution in [0, 0.1) is 0 Å². The molecule has 21 heavy (non-hydrogen) atoms. The zero-order valence-electron chi connectivity index (χ0n) is 12.3. The SMILES string of the molecule is CC1CCCCN1CCCNc1nc(Cl)nc2nc[nH]c12. The minimum atomic E-state index is 0.224. The van der Waals surface area contributed by atoms with Crippen molar-refractivity contribution in [1.29, 1.82) is 0 Å². The van der Waals surface area contributed by atoms with Crippen molar-refractivity contribution in [3.05, 3.63) is 11.6 Å². The zero-order valence-corrected chi connectivity index (χ0v) is 13.0. The maximum Gasteiger partial charge on any atom is 0.226 e. The van der Waals surface area contributed by atoms with E-state index in [-0.39, 0.29) is 5.28 Å². The molecule has 1 atom stereocenters. The van der Waals surface area contributed by atoms with Crippen LogP contribution < -0.4 is 5.32 Å². The number of H-pyrrole nitrogens is 1. The predicted molar refractivity (Wildman–Crippen MR) is 84.7 cm³/mol. The van der Waals surface area contributed by atoms with E-state index in [0.717, 1.165) is 30.8 Å². The van der Waals surface area contributed by atoms with Crippen molar-refractivity contribution < 1.29 is 0 Å². The van der Waals surface area contributed by atoms with Crippen molar-refractivity contribution in [3.8, 4) is 0 Å². The quantitative estimate of drug-likeness (QED) is 0.656. The van der Waals surface area contributed by atoms with Gasteiger partial charge in [-0.05, 0) is 44.3 Å². The highest BCUT2D eigenvalue weighted by Crippen LogP contribution is 2.19. The standard InChI is InChI=1S/C14H21ClN6/c1-10-5-2-3-7-21(10)8-4-6-16-12-11-13(18-9-17-11)20-14(15)19-12/h9-10H,2-8H2,1H3,(H2,16,17,18,19,20). The fraction of sp³-hybridized carbons (Fsp3) is 0.643. The summed E-state index contributed by atoms with van der Waals surface area (Å²) in [6.07, 6.45) is 6.71. The highest BCUT2D eigenvalue weighted by atomic mass is 35.5. The number of hydrogen-bond donors (Lipinski definition) is 2. The van der Waals surface area contributed by atoms with E-state index in [1.54, 1.807) is 6.33 Å². The summed E-state index contributed by atoms with van der Waals surface area (Å²) in [6.45, 7) is 5.54. The third-order valence-corrected chi connectivity index (χ3v) is 4.28. The van der Waals surface area contributed by atoms with Gasteiger partial charge >= 0.3 is 0 Å². The highest BCUT2D eigenvalue weighted by molar-refractivity contribution is 6.28. The molecule has 1 aliphatic rings. The number of aromatic amines is 1. The average molecular weight is 309 g/mol. The number of aromatic nitrogens is 4. The van der Waals surface area contributed by atoms with Crippen LogP contribution in [0.3, 0.4) is 0 Å². The molecule has 2 aromatic heterocycles. The number of hydrogen-bond acceptors (Lipinski definition) is 5. The molecule has 7 heteroatoms. The topological polar surface area (TPSA) is 69.7 Å². The Morgan fingerprint density at radius 2 is 2.33 bits per heavy atom. The molecule has 0 amide bonds. The Morgan fingerprint density at radius 1 is 1.43 bits per heavy atom. The number of rotatable bonds is 5. The summed E-state index contributed by atoms with van der Waals surface area (Å²) in [5.74, 6) is 0.731. The van der Waals surface area contributed by atoms with Gasteiger partial charge in [0.15, 0.2) is 11.5 Å². The first kappa shape index (κ1) is 14.5. The monoisotopic (exact) mass is 308 g/mol. The highest BCUT2D eigenvalue weighted by Gasteiger charge is 2.17. The van der Waals surface area contributed by atoms with Gasteiger partial charge < -0.3 is 15.2 Å². The minimum Gasteiger partial charge on any atom is -0.368 e. The molecule has 2 N–H and O–H groups in total. The van der Waals surface area contributed by atoms with Crippen molar-refractivity contribution in [2.45, 2.75) is 38.6 Å². The van der Waals surface area contributed by atoms with Crippen LogP contribution in [-0.4, -0.2) is 50.5 Å². The molecule has 0 radical (unpaired) electrons. The van der Waals surface area contributed by atoms with E-state index in [0.29, 0.717) is 11.7 Å². The number of nitrogens with one attached hydrogen (secondary N) is 2. The van der Waals surface area contributed by atoms with Crippen molar-refractivity contribution in [2.75, 3.05) is 25.0 Å². The van der Waals surface area contributed by atoms with Gasteiger partial charge in [-0.25, -0.2) is 4.98 Å². The first-order valence-electron chi connectivity index (χ1n) is 7.58. The van der Waals surface area contributed by atoms with E-state index < -0.39 is 0 Å². The largest absolute Gasteiger partial charge is 0.368 e. The maximum absolute atomic E-state index is 5.91. The molecule has 0 aliphatic carbocycles. The molecule has 2 aromatic rings. The molecule has 1 saturated heterocycles. The summed E-state index contributed by atoms with van der Waals surface area (Å²) in [6, 6.07) is 0.714. The zero-order chi connectivity index (χ0) is 14.7. The Kier molecular flexibility index (Phi) is 4.55. The van der Waals surface area contributed by atoms with Crippen molar-refractivity contribution in [3.63, 3.8) is 0 Å². The van der Waals surface area contributed by atoms with Crippen LogP contribution in [0.15, 0.2) is 6.33 Å². The smallest absolute Gasteiger partial charge is 0.226 e. The van der Waals surface area contributed by atoms with E-state index in [1.807, 2.05) is 0 Å². The van der Waals surface area contributed by atoms with Crippen molar-refractivity contribution in [1.82, 2.24) is 24.8 Å². The first-order chi connectivity index (χ1) is 10.2. The van der Waals surface area contributed by atoms with Crippen molar-refractivity contribution >= 4 is 28.6 Å². The van der Waals surface area contributed by atoms with Gasteiger partial charge in [-0.3, -0.25) is 0 Å². The number of piperidine rings is 1. The molecular weight excluding hydrogens is 288 g/mol. The van der Waals surface area contributed by atoms with Crippen LogP contribution in [0.4, 0.5) is 5.82 Å². The normalized spacial score (nSPS) is 20.0. The number of anilines is 1. The number of nitrogens with zero attached hydrogens (tertiary/aromatic N) is 4. The Balaban J connectivity index is 1.53. The van der Waals surface area contributed by atoms with Gasteiger partial charge in [-0.15, -0.1) is 0 Å². The molecule has 3 rings (SSSR count). The Morgan fingerprint density at radius 3 is 3.19 bits per heavy atom. The average Bonchev–Trinajstić information content (AvgIpc) is 2.93. The van der Waals surface area contributed by atoms with Gasteiger partial charge in [0.25, 0.3) is 0 Å². The lowest BCUT2D eigenvalue weighted by molar-refractivity contribution is 0.160. The molecule has 0 aromatic carbocycles. The molecule has 0 bridgehead atoms. The molecule has 0 saturated carbocycles. The van der Waals surface area contributed by atoms with Crippen LogP contribution in [0.2, 0.25) is 5.28 Å². The molecular formula is C14H21ClN6. The Bertz CT molecular complexity index is 598. The van der Waals surface area contributed by atoms with Crippen LogP contribution in [-0.2, 0) is 0 Å². The summed E-state index contributed by atoms with van der Waals surface area (Å²) in [7, 11) is 0. The van der Waals surface area contributed by atoms with Crippen LogP contribution in [0.1, 0.15) is 32.6 Å². The third kappa shape index (κ3) is 3.44. The molecule has 114 valence electrons. The molecule has 6 nitrogen and oxygen atoms in total. The lowest BCUT2D eigenvalue weighted by atomic mass is 10.0. The maximum atomic E-state index is 5.91. The fourth-order valence-electron chi connectivity index (χ4n) is 2.91. The van der Waals surface area contributed by atoms with Gasteiger partial charge in [0, 0.05) is 19.1 Å². The molecule has 1 aliphatic heterocycles. The van der Waals surface area contributed by atoms with Gasteiger partial charge in [0.1, 0.15) is 5.52 Å². The molecule has 1 fully saturated rings. The van der Waals surface area contributed by atoms with E-state index >= 15 is 0 Å². The van der Waals surface area contributed by atoms with E-state index in [4.69, 9.17) is 11.6 Å². The first-order valence-corrected chi connectivity index (χ1v) is 7.96.